The summed E-state index contributed by atoms with van der Waals surface area (Å²) in [4.78, 5) is 39.8. The summed E-state index contributed by atoms with van der Waals surface area (Å²) >= 11 is 11.9. The zero-order valence-electron chi connectivity index (χ0n) is 16.6. The summed E-state index contributed by atoms with van der Waals surface area (Å²) in [5, 5.41) is 3.42. The van der Waals surface area contributed by atoms with Gasteiger partial charge in [0, 0.05) is 15.6 Å². The minimum Gasteiger partial charge on any atom is -0.272 e. The van der Waals surface area contributed by atoms with Crippen molar-refractivity contribution in [2.24, 2.45) is 17.8 Å². The number of carbonyl (C=O) groups is 3. The molecule has 0 bridgehead atoms. The molecule has 3 amide bonds. The molecule has 30 heavy (non-hydrogen) atoms. The zero-order valence-corrected chi connectivity index (χ0v) is 18.1. The zero-order chi connectivity index (χ0) is 21.4. The molecule has 1 aliphatic carbocycles. The Morgan fingerprint density at radius 3 is 2.13 bits per heavy atom. The predicted molar refractivity (Wildman–Crippen MR) is 115 cm³/mol. The van der Waals surface area contributed by atoms with Crippen LogP contribution in [0, 0.1) is 17.8 Å². The number of carbonyl (C=O) groups excluding carboxylic acids is 3. The Bertz CT molecular complexity index is 975. The Labute approximate surface area is 185 Å². The van der Waals surface area contributed by atoms with Gasteiger partial charge in [-0.25, -0.2) is 5.01 Å². The topological polar surface area (TPSA) is 57.7 Å². The Kier molecular flexibility index (Phi) is 5.85. The van der Waals surface area contributed by atoms with Crippen LogP contribution < -0.4 is 0 Å². The first kappa shape index (κ1) is 20.9. The summed E-state index contributed by atoms with van der Waals surface area (Å²) in [6.07, 6.45) is 2.27. The number of imide groups is 1. The standard InChI is InChI=1S/C23H22Cl2N2O3/c1-14-2-11-19-20(12-14)23(30)27(22(19)29)26(13-15-3-7-17(24)8-4-15)21(28)16-5-9-18(25)10-6-16/h3-10,14,19-20H,2,11-13H2,1H3/t14-,19+,20+/m1/s1. The number of fused-ring (bicyclic) bond motifs is 1. The van der Waals surface area contributed by atoms with Crippen molar-refractivity contribution in [2.45, 2.75) is 32.7 Å². The number of hydrazine groups is 1. The molecule has 7 heteroatoms. The number of benzene rings is 2. The molecule has 2 aliphatic rings. The highest BCUT2D eigenvalue weighted by Gasteiger charge is 2.52. The smallest absolute Gasteiger partial charge is 0.272 e. The van der Waals surface area contributed by atoms with Crippen molar-refractivity contribution in [3.63, 3.8) is 0 Å². The summed E-state index contributed by atoms with van der Waals surface area (Å²) in [6, 6.07) is 13.4. The van der Waals surface area contributed by atoms with Gasteiger partial charge < -0.3 is 0 Å². The van der Waals surface area contributed by atoms with Gasteiger partial charge in [-0.1, -0.05) is 42.3 Å². The molecule has 0 radical (unpaired) electrons. The van der Waals surface area contributed by atoms with Gasteiger partial charge in [-0.3, -0.25) is 14.4 Å². The fraction of sp³-hybridized carbons (Fsp3) is 0.348. The third-order valence-electron chi connectivity index (χ3n) is 5.98. The van der Waals surface area contributed by atoms with E-state index in [0.717, 1.165) is 17.0 Å². The Morgan fingerprint density at radius 2 is 1.50 bits per heavy atom. The maximum Gasteiger partial charge on any atom is 0.273 e. The summed E-state index contributed by atoms with van der Waals surface area (Å²) in [6.45, 7) is 2.19. The number of hydrogen-bond acceptors (Lipinski definition) is 3. The summed E-state index contributed by atoms with van der Waals surface area (Å²) < 4.78 is 0. The lowest BCUT2D eigenvalue weighted by Crippen LogP contribution is -2.49. The molecular formula is C23H22Cl2N2O3. The van der Waals surface area contributed by atoms with Gasteiger partial charge in [0.05, 0.1) is 18.4 Å². The molecule has 5 nitrogen and oxygen atoms in total. The summed E-state index contributed by atoms with van der Waals surface area (Å²) in [5.74, 6) is -1.30. The third kappa shape index (κ3) is 3.96. The largest absolute Gasteiger partial charge is 0.273 e. The van der Waals surface area contributed by atoms with E-state index in [1.807, 2.05) is 0 Å². The fourth-order valence-corrected chi connectivity index (χ4v) is 4.60. The second-order valence-electron chi connectivity index (χ2n) is 8.12. The molecular weight excluding hydrogens is 423 g/mol. The molecule has 2 aromatic rings. The van der Waals surface area contributed by atoms with Crippen LogP contribution in [-0.2, 0) is 16.1 Å². The van der Waals surface area contributed by atoms with Crippen molar-refractivity contribution < 1.29 is 14.4 Å². The number of hydrogen-bond donors (Lipinski definition) is 0. The molecule has 2 aromatic carbocycles. The molecule has 0 spiro atoms. The first-order valence-corrected chi connectivity index (χ1v) is 10.8. The van der Waals surface area contributed by atoms with E-state index >= 15 is 0 Å². The van der Waals surface area contributed by atoms with Gasteiger partial charge >= 0.3 is 0 Å². The number of rotatable bonds is 4. The summed E-state index contributed by atoms with van der Waals surface area (Å²) in [7, 11) is 0. The van der Waals surface area contributed by atoms with Crippen LogP contribution in [0.2, 0.25) is 10.0 Å². The maximum atomic E-state index is 13.4. The molecule has 1 saturated carbocycles. The fourth-order valence-electron chi connectivity index (χ4n) is 4.35. The molecule has 1 heterocycles. The lowest BCUT2D eigenvalue weighted by Gasteiger charge is -2.30. The highest BCUT2D eigenvalue weighted by molar-refractivity contribution is 6.30. The Hall–Kier alpha value is -2.37. The molecule has 2 fully saturated rings. The molecule has 0 unspecified atom stereocenters. The third-order valence-corrected chi connectivity index (χ3v) is 6.48. The van der Waals surface area contributed by atoms with E-state index in [1.165, 1.54) is 5.01 Å². The van der Waals surface area contributed by atoms with Crippen LogP contribution in [0.1, 0.15) is 42.1 Å². The van der Waals surface area contributed by atoms with Gasteiger partial charge in [-0.15, -0.1) is 0 Å². The van der Waals surface area contributed by atoms with Gasteiger partial charge in [0.2, 0.25) is 0 Å². The molecule has 3 atom stereocenters. The van der Waals surface area contributed by atoms with Crippen molar-refractivity contribution in [1.29, 1.82) is 0 Å². The monoisotopic (exact) mass is 444 g/mol. The second-order valence-corrected chi connectivity index (χ2v) is 8.99. The molecule has 0 N–H and O–H groups in total. The van der Waals surface area contributed by atoms with E-state index in [4.69, 9.17) is 23.2 Å². The first-order chi connectivity index (χ1) is 14.3. The van der Waals surface area contributed by atoms with Crippen molar-refractivity contribution in [2.75, 3.05) is 0 Å². The van der Waals surface area contributed by atoms with Crippen LogP contribution >= 0.6 is 23.2 Å². The molecule has 4 rings (SSSR count). The van der Waals surface area contributed by atoms with E-state index < -0.39 is 5.91 Å². The van der Waals surface area contributed by atoms with Gasteiger partial charge in [0.15, 0.2) is 0 Å². The lowest BCUT2D eigenvalue weighted by molar-refractivity contribution is -0.155. The number of nitrogens with zero attached hydrogens (tertiary/aromatic N) is 2. The Morgan fingerprint density at radius 1 is 0.933 bits per heavy atom. The molecule has 1 saturated heterocycles. The SMILES string of the molecule is C[C@@H]1CC[C@@H]2C(=O)N(N(Cc3ccc(Cl)cc3)C(=O)c3ccc(Cl)cc3)C(=O)[C@H]2C1. The van der Waals surface area contributed by atoms with E-state index in [1.54, 1.807) is 48.5 Å². The summed E-state index contributed by atoms with van der Waals surface area (Å²) in [5.41, 5.74) is 1.13. The molecule has 1 aliphatic heterocycles. The predicted octanol–water partition coefficient (Wildman–Crippen LogP) is 4.97. The van der Waals surface area contributed by atoms with Crippen molar-refractivity contribution in [3.05, 3.63) is 69.7 Å². The average molecular weight is 445 g/mol. The van der Waals surface area contributed by atoms with Crippen LogP contribution in [0.3, 0.4) is 0 Å². The minimum absolute atomic E-state index is 0.0884. The Balaban J connectivity index is 1.70. The average Bonchev–Trinajstić information content (AvgIpc) is 2.97. The van der Waals surface area contributed by atoms with Gasteiger partial charge in [-0.05, 0) is 67.1 Å². The first-order valence-electron chi connectivity index (χ1n) is 10.0. The quantitative estimate of drug-likeness (QED) is 0.625. The van der Waals surface area contributed by atoms with Crippen molar-refractivity contribution in [1.82, 2.24) is 10.0 Å². The molecule has 156 valence electrons. The van der Waals surface area contributed by atoms with Crippen LogP contribution in [0.25, 0.3) is 0 Å². The maximum absolute atomic E-state index is 13.4. The van der Waals surface area contributed by atoms with Crippen LogP contribution in [0.15, 0.2) is 48.5 Å². The van der Waals surface area contributed by atoms with Gasteiger partial charge in [-0.2, -0.15) is 5.01 Å². The van der Waals surface area contributed by atoms with Gasteiger partial charge in [0.25, 0.3) is 17.7 Å². The van der Waals surface area contributed by atoms with Crippen molar-refractivity contribution >= 4 is 40.9 Å². The van der Waals surface area contributed by atoms with Crippen molar-refractivity contribution in [3.8, 4) is 0 Å². The number of halogens is 2. The highest BCUT2D eigenvalue weighted by atomic mass is 35.5. The van der Waals surface area contributed by atoms with Crippen LogP contribution in [0.5, 0.6) is 0 Å². The van der Waals surface area contributed by atoms with E-state index in [9.17, 15) is 14.4 Å². The van der Waals surface area contributed by atoms with Gasteiger partial charge in [0.1, 0.15) is 0 Å². The second kappa shape index (κ2) is 8.40. The minimum atomic E-state index is -0.421. The number of amides is 3. The molecule has 0 aromatic heterocycles. The lowest BCUT2D eigenvalue weighted by atomic mass is 9.76. The van der Waals surface area contributed by atoms with Crippen LogP contribution in [0.4, 0.5) is 0 Å². The highest BCUT2D eigenvalue weighted by Crippen LogP contribution is 2.41. The van der Waals surface area contributed by atoms with E-state index in [0.29, 0.717) is 34.4 Å². The van der Waals surface area contributed by atoms with E-state index in [-0.39, 0.29) is 30.2 Å². The van der Waals surface area contributed by atoms with E-state index in [2.05, 4.69) is 6.92 Å². The normalized spacial score (nSPS) is 23.4. The van der Waals surface area contributed by atoms with Crippen LogP contribution in [-0.4, -0.2) is 27.7 Å².